The molecule has 0 spiro atoms. The number of nitrogens with zero attached hydrogens (tertiary/aromatic N) is 2. The molecule has 0 saturated carbocycles. The van der Waals surface area contributed by atoms with Gasteiger partial charge in [-0.2, -0.15) is 0 Å². The largest absolute Gasteiger partial charge is 0.378 e. The molecule has 1 saturated heterocycles. The first kappa shape index (κ1) is 21.7. The first-order chi connectivity index (χ1) is 14.3. The number of hydrogen-bond acceptors (Lipinski definition) is 5. The number of benzene rings is 2. The van der Waals surface area contributed by atoms with E-state index in [2.05, 4.69) is 5.32 Å². The van der Waals surface area contributed by atoms with Gasteiger partial charge in [-0.15, -0.1) is 0 Å². The number of carbonyl (C=O) groups excluding carboxylic acids is 2. The van der Waals surface area contributed by atoms with Crippen molar-refractivity contribution in [2.45, 2.75) is 0 Å². The number of morpholine rings is 1. The van der Waals surface area contributed by atoms with Gasteiger partial charge in [-0.3, -0.25) is 13.9 Å². The van der Waals surface area contributed by atoms with Crippen molar-refractivity contribution in [2.75, 3.05) is 48.7 Å². The molecule has 1 aliphatic heterocycles. The number of carbonyl (C=O) groups is 2. The van der Waals surface area contributed by atoms with E-state index in [1.54, 1.807) is 11.0 Å². The highest BCUT2D eigenvalue weighted by Gasteiger charge is 2.23. The summed E-state index contributed by atoms with van der Waals surface area (Å²) >= 11 is 0. The van der Waals surface area contributed by atoms with Gasteiger partial charge in [0.25, 0.3) is 5.91 Å². The van der Waals surface area contributed by atoms with E-state index in [4.69, 9.17) is 4.74 Å². The molecule has 0 aliphatic carbocycles. The van der Waals surface area contributed by atoms with Crippen LogP contribution in [0.25, 0.3) is 0 Å². The molecule has 8 nitrogen and oxygen atoms in total. The normalized spacial score (nSPS) is 14.3. The summed E-state index contributed by atoms with van der Waals surface area (Å²) in [4.78, 5) is 26.5. The minimum Gasteiger partial charge on any atom is -0.378 e. The van der Waals surface area contributed by atoms with E-state index in [0.717, 1.165) is 10.6 Å². The summed E-state index contributed by atoms with van der Waals surface area (Å²) in [7, 11) is -3.80. The molecule has 0 radical (unpaired) electrons. The number of halogens is 1. The Kier molecular flexibility index (Phi) is 6.68. The Morgan fingerprint density at radius 3 is 2.33 bits per heavy atom. The van der Waals surface area contributed by atoms with Crippen molar-refractivity contribution in [3.63, 3.8) is 0 Å². The van der Waals surface area contributed by atoms with Gasteiger partial charge in [-0.05, 0) is 36.4 Å². The summed E-state index contributed by atoms with van der Waals surface area (Å²) in [6.07, 6.45) is 0.968. The Morgan fingerprint density at radius 2 is 1.73 bits per heavy atom. The lowest BCUT2D eigenvalue weighted by Gasteiger charge is -2.27. The van der Waals surface area contributed by atoms with Crippen LogP contribution in [0.3, 0.4) is 0 Å². The lowest BCUT2D eigenvalue weighted by molar-refractivity contribution is -0.114. The first-order valence-corrected chi connectivity index (χ1v) is 11.1. The van der Waals surface area contributed by atoms with Gasteiger partial charge < -0.3 is 15.0 Å². The quantitative estimate of drug-likeness (QED) is 0.745. The van der Waals surface area contributed by atoms with Gasteiger partial charge in [-0.1, -0.05) is 12.1 Å². The van der Waals surface area contributed by atoms with Crippen LogP contribution in [0.15, 0.2) is 48.5 Å². The van der Waals surface area contributed by atoms with Crippen molar-refractivity contribution in [1.82, 2.24) is 4.90 Å². The molecule has 160 valence electrons. The maximum absolute atomic E-state index is 13.7. The summed E-state index contributed by atoms with van der Waals surface area (Å²) in [6, 6.07) is 11.6. The van der Waals surface area contributed by atoms with E-state index >= 15 is 0 Å². The summed E-state index contributed by atoms with van der Waals surface area (Å²) in [5.74, 6) is -1.49. The minimum atomic E-state index is -3.80. The molecular formula is C20H22FN3O5S. The zero-order valence-electron chi connectivity index (χ0n) is 16.4. The molecule has 3 rings (SSSR count). The molecule has 1 fully saturated rings. The Morgan fingerprint density at radius 1 is 1.10 bits per heavy atom. The second kappa shape index (κ2) is 9.23. The molecule has 2 aromatic rings. The van der Waals surface area contributed by atoms with Crippen LogP contribution < -0.4 is 9.62 Å². The van der Waals surface area contributed by atoms with Gasteiger partial charge in [0.2, 0.25) is 15.9 Å². The molecule has 1 N–H and O–H groups in total. The second-order valence-corrected chi connectivity index (χ2v) is 8.66. The fraction of sp³-hybridized carbons (Fsp3) is 0.300. The minimum absolute atomic E-state index is 0.0394. The predicted octanol–water partition coefficient (Wildman–Crippen LogP) is 1.70. The molecule has 2 aromatic carbocycles. The summed E-state index contributed by atoms with van der Waals surface area (Å²) in [6.45, 7) is 1.40. The monoisotopic (exact) mass is 435 g/mol. The second-order valence-electron chi connectivity index (χ2n) is 6.75. The SMILES string of the molecule is CS(=O)(=O)N(CC(=O)Nc1ccccc1F)c1ccc(C(=O)N2CCOCC2)cc1. The number of sulfonamides is 1. The third-order valence-electron chi connectivity index (χ3n) is 4.54. The van der Waals surface area contributed by atoms with Crippen molar-refractivity contribution >= 4 is 33.2 Å². The summed E-state index contributed by atoms with van der Waals surface area (Å²) in [5, 5.41) is 2.36. The van der Waals surface area contributed by atoms with E-state index in [0.29, 0.717) is 31.9 Å². The summed E-state index contributed by atoms with van der Waals surface area (Å²) in [5.41, 5.74) is 0.590. The third-order valence-corrected chi connectivity index (χ3v) is 5.68. The van der Waals surface area contributed by atoms with Crippen molar-refractivity contribution in [3.05, 3.63) is 59.9 Å². The van der Waals surface area contributed by atoms with Crippen molar-refractivity contribution in [2.24, 2.45) is 0 Å². The highest BCUT2D eigenvalue weighted by atomic mass is 32.2. The molecule has 1 aliphatic rings. The lowest BCUT2D eigenvalue weighted by atomic mass is 10.1. The van der Waals surface area contributed by atoms with E-state index in [1.807, 2.05) is 0 Å². The predicted molar refractivity (Wildman–Crippen MR) is 110 cm³/mol. The molecule has 0 bridgehead atoms. The van der Waals surface area contributed by atoms with Gasteiger partial charge in [0.15, 0.2) is 0 Å². The molecule has 0 unspecified atom stereocenters. The van der Waals surface area contributed by atoms with Gasteiger partial charge in [0.05, 0.1) is 30.8 Å². The maximum atomic E-state index is 13.7. The van der Waals surface area contributed by atoms with Crippen molar-refractivity contribution in [3.8, 4) is 0 Å². The van der Waals surface area contributed by atoms with Crippen LogP contribution in [-0.4, -0.2) is 64.2 Å². The number of nitrogens with one attached hydrogen (secondary N) is 1. The number of amides is 2. The van der Waals surface area contributed by atoms with Gasteiger partial charge in [0, 0.05) is 18.7 Å². The first-order valence-electron chi connectivity index (χ1n) is 9.25. The zero-order chi connectivity index (χ0) is 21.7. The Balaban J connectivity index is 1.74. The average Bonchev–Trinajstić information content (AvgIpc) is 2.73. The van der Waals surface area contributed by atoms with Gasteiger partial charge in [0.1, 0.15) is 12.4 Å². The van der Waals surface area contributed by atoms with Crippen LogP contribution in [0.2, 0.25) is 0 Å². The van der Waals surface area contributed by atoms with E-state index in [1.165, 1.54) is 42.5 Å². The highest BCUT2D eigenvalue weighted by molar-refractivity contribution is 7.92. The van der Waals surface area contributed by atoms with E-state index in [9.17, 15) is 22.4 Å². The number of rotatable bonds is 6. The lowest BCUT2D eigenvalue weighted by Crippen LogP contribution is -2.40. The summed E-state index contributed by atoms with van der Waals surface area (Å²) < 4.78 is 44.3. The third kappa shape index (κ3) is 5.33. The fourth-order valence-corrected chi connectivity index (χ4v) is 3.86. The molecule has 0 aromatic heterocycles. The number of hydrogen-bond donors (Lipinski definition) is 1. The smallest absolute Gasteiger partial charge is 0.254 e. The van der Waals surface area contributed by atoms with Crippen molar-refractivity contribution in [1.29, 1.82) is 0 Å². The average molecular weight is 435 g/mol. The van der Waals surface area contributed by atoms with Crippen molar-refractivity contribution < 1.29 is 27.1 Å². The van der Waals surface area contributed by atoms with E-state index < -0.39 is 28.3 Å². The van der Waals surface area contributed by atoms with Crippen LogP contribution in [-0.2, 0) is 19.6 Å². The molecule has 0 atom stereocenters. The van der Waals surface area contributed by atoms with Gasteiger partial charge >= 0.3 is 0 Å². The number of ether oxygens (including phenoxy) is 1. The Hall–Kier alpha value is -2.98. The van der Waals surface area contributed by atoms with Crippen LogP contribution >= 0.6 is 0 Å². The zero-order valence-corrected chi connectivity index (χ0v) is 17.2. The van der Waals surface area contributed by atoms with E-state index in [-0.39, 0.29) is 17.3 Å². The highest BCUT2D eigenvalue weighted by Crippen LogP contribution is 2.20. The van der Waals surface area contributed by atoms with Crippen LogP contribution in [0.1, 0.15) is 10.4 Å². The number of anilines is 2. The molecular weight excluding hydrogens is 413 g/mol. The fourth-order valence-electron chi connectivity index (χ4n) is 3.00. The molecule has 2 amide bonds. The Labute approximate surface area is 174 Å². The Bertz CT molecular complexity index is 1020. The molecule has 10 heteroatoms. The van der Waals surface area contributed by atoms with Crippen LogP contribution in [0, 0.1) is 5.82 Å². The number of para-hydroxylation sites is 1. The maximum Gasteiger partial charge on any atom is 0.254 e. The topological polar surface area (TPSA) is 96.0 Å². The standard InChI is InChI=1S/C20H22FN3O5S/c1-30(27,28)24(14-19(25)22-18-5-3-2-4-17(18)21)16-8-6-15(7-9-16)20(26)23-10-12-29-13-11-23/h2-9H,10-14H2,1H3,(H,22,25). The van der Waals surface area contributed by atoms with Crippen LogP contribution in [0.4, 0.5) is 15.8 Å². The molecule has 30 heavy (non-hydrogen) atoms. The molecule has 1 heterocycles. The van der Waals surface area contributed by atoms with Crippen LogP contribution in [0.5, 0.6) is 0 Å². The van der Waals surface area contributed by atoms with Gasteiger partial charge in [-0.25, -0.2) is 12.8 Å².